The van der Waals surface area contributed by atoms with E-state index < -0.39 is 6.10 Å². The van der Waals surface area contributed by atoms with Gasteiger partial charge in [-0.2, -0.15) is 0 Å². The third kappa shape index (κ3) is 2.84. The Morgan fingerprint density at radius 2 is 2.00 bits per heavy atom. The van der Waals surface area contributed by atoms with Crippen LogP contribution in [0.1, 0.15) is 5.56 Å². The van der Waals surface area contributed by atoms with Crippen molar-refractivity contribution in [3.63, 3.8) is 0 Å². The summed E-state index contributed by atoms with van der Waals surface area (Å²) in [5.74, 6) is 1.23. The summed E-state index contributed by atoms with van der Waals surface area (Å²) in [7, 11) is 3.11. The van der Waals surface area contributed by atoms with Gasteiger partial charge in [0.1, 0.15) is 0 Å². The molecule has 0 aliphatic heterocycles. The Hall–Kier alpha value is -1.26. The smallest absolute Gasteiger partial charge is 0.163 e. The first-order valence-corrected chi connectivity index (χ1v) is 4.71. The van der Waals surface area contributed by atoms with E-state index in [0.29, 0.717) is 17.9 Å². The van der Waals surface area contributed by atoms with Gasteiger partial charge in [-0.3, -0.25) is 0 Å². The van der Waals surface area contributed by atoms with Crippen molar-refractivity contribution in [2.45, 2.75) is 12.5 Å². The quantitative estimate of drug-likeness (QED) is 0.750. The fraction of sp³-hybridized carbons (Fsp3) is 0.455. The van der Waals surface area contributed by atoms with Gasteiger partial charge in [0, 0.05) is 12.0 Å². The van der Waals surface area contributed by atoms with Crippen molar-refractivity contribution >= 4 is 0 Å². The Labute approximate surface area is 89.1 Å². The van der Waals surface area contributed by atoms with E-state index >= 15 is 0 Å². The van der Waals surface area contributed by atoms with Gasteiger partial charge in [-0.15, -0.1) is 0 Å². The molecule has 0 bridgehead atoms. The summed E-state index contributed by atoms with van der Waals surface area (Å²) in [6.45, 7) is -0.264. The van der Waals surface area contributed by atoms with Gasteiger partial charge in [-0.05, 0) is 6.07 Å². The standard InChI is InChI=1S/C11H16O4/c1-14-10-5-3-4-8(11(10)15-2)6-9(13)7-12/h3-5,9,12-13H,6-7H2,1-2H3. The first-order chi connectivity index (χ1) is 7.22. The fourth-order valence-electron chi connectivity index (χ4n) is 1.43. The van der Waals surface area contributed by atoms with Crippen molar-refractivity contribution in [2.75, 3.05) is 20.8 Å². The Morgan fingerprint density at radius 1 is 1.27 bits per heavy atom. The minimum absolute atomic E-state index is 0.264. The van der Waals surface area contributed by atoms with Gasteiger partial charge >= 0.3 is 0 Å². The largest absolute Gasteiger partial charge is 0.493 e. The summed E-state index contributed by atoms with van der Waals surface area (Å²) < 4.78 is 10.3. The average molecular weight is 212 g/mol. The number of hydrogen-bond acceptors (Lipinski definition) is 4. The molecule has 0 fully saturated rings. The molecule has 1 unspecified atom stereocenters. The van der Waals surface area contributed by atoms with Crippen LogP contribution >= 0.6 is 0 Å². The van der Waals surface area contributed by atoms with E-state index in [1.54, 1.807) is 20.3 Å². The average Bonchev–Trinajstić information content (AvgIpc) is 2.28. The van der Waals surface area contributed by atoms with Crippen LogP contribution in [-0.2, 0) is 6.42 Å². The number of aliphatic hydroxyl groups excluding tert-OH is 2. The third-order valence-corrected chi connectivity index (χ3v) is 2.15. The van der Waals surface area contributed by atoms with Gasteiger partial charge in [0.2, 0.25) is 0 Å². The van der Waals surface area contributed by atoms with E-state index in [0.717, 1.165) is 5.56 Å². The molecule has 1 aromatic carbocycles. The van der Waals surface area contributed by atoms with Gasteiger partial charge in [0.05, 0.1) is 26.9 Å². The molecular formula is C11H16O4. The number of ether oxygens (including phenoxy) is 2. The van der Waals surface area contributed by atoms with Crippen LogP contribution in [0.4, 0.5) is 0 Å². The van der Waals surface area contributed by atoms with Gasteiger partial charge in [0.25, 0.3) is 0 Å². The molecule has 4 nitrogen and oxygen atoms in total. The zero-order valence-electron chi connectivity index (χ0n) is 8.93. The van der Waals surface area contributed by atoms with E-state index in [1.165, 1.54) is 0 Å². The van der Waals surface area contributed by atoms with Crippen molar-refractivity contribution < 1.29 is 19.7 Å². The predicted molar refractivity (Wildman–Crippen MR) is 56.3 cm³/mol. The van der Waals surface area contributed by atoms with E-state index in [1.807, 2.05) is 12.1 Å². The molecule has 0 spiro atoms. The normalized spacial score (nSPS) is 12.3. The highest BCUT2D eigenvalue weighted by atomic mass is 16.5. The van der Waals surface area contributed by atoms with E-state index in [2.05, 4.69) is 0 Å². The highest BCUT2D eigenvalue weighted by Gasteiger charge is 2.12. The molecule has 0 aliphatic carbocycles. The number of rotatable bonds is 5. The summed E-state index contributed by atoms with van der Waals surface area (Å²) in [5.41, 5.74) is 0.818. The fourth-order valence-corrected chi connectivity index (χ4v) is 1.43. The van der Waals surface area contributed by atoms with E-state index in [9.17, 15) is 5.11 Å². The molecule has 0 aliphatic rings. The van der Waals surface area contributed by atoms with Crippen LogP contribution < -0.4 is 9.47 Å². The number of benzene rings is 1. The molecule has 0 saturated heterocycles. The molecule has 2 N–H and O–H groups in total. The molecule has 1 aromatic rings. The minimum Gasteiger partial charge on any atom is -0.493 e. The van der Waals surface area contributed by atoms with Crippen LogP contribution in [0.2, 0.25) is 0 Å². The molecule has 0 radical (unpaired) electrons. The second kappa shape index (κ2) is 5.58. The topological polar surface area (TPSA) is 58.9 Å². The summed E-state index contributed by atoms with van der Waals surface area (Å²) in [4.78, 5) is 0. The van der Waals surface area contributed by atoms with Crippen molar-refractivity contribution in [1.29, 1.82) is 0 Å². The van der Waals surface area contributed by atoms with Gasteiger partial charge in [-0.1, -0.05) is 12.1 Å². The Balaban J connectivity index is 2.95. The highest BCUT2D eigenvalue weighted by molar-refractivity contribution is 5.46. The van der Waals surface area contributed by atoms with Crippen LogP contribution in [0.3, 0.4) is 0 Å². The van der Waals surface area contributed by atoms with Crippen molar-refractivity contribution in [1.82, 2.24) is 0 Å². The van der Waals surface area contributed by atoms with Crippen LogP contribution in [0.25, 0.3) is 0 Å². The first kappa shape index (κ1) is 11.8. The van der Waals surface area contributed by atoms with Gasteiger partial charge in [0.15, 0.2) is 11.5 Å². The molecule has 15 heavy (non-hydrogen) atoms. The third-order valence-electron chi connectivity index (χ3n) is 2.15. The highest BCUT2D eigenvalue weighted by Crippen LogP contribution is 2.31. The van der Waals surface area contributed by atoms with E-state index in [-0.39, 0.29) is 6.61 Å². The van der Waals surface area contributed by atoms with Crippen LogP contribution in [0, 0.1) is 0 Å². The molecule has 0 heterocycles. The number of methoxy groups -OCH3 is 2. The lowest BCUT2D eigenvalue weighted by molar-refractivity contribution is 0.0949. The number of hydrogen-bond donors (Lipinski definition) is 2. The van der Waals surface area contributed by atoms with Gasteiger partial charge < -0.3 is 19.7 Å². The molecule has 84 valence electrons. The van der Waals surface area contributed by atoms with Crippen molar-refractivity contribution in [3.05, 3.63) is 23.8 Å². The first-order valence-electron chi connectivity index (χ1n) is 4.71. The van der Waals surface area contributed by atoms with Crippen molar-refractivity contribution in [2.24, 2.45) is 0 Å². The Bertz CT molecular complexity index is 311. The molecular weight excluding hydrogens is 196 g/mol. The molecule has 1 rings (SSSR count). The summed E-state index contributed by atoms with van der Waals surface area (Å²) in [6.07, 6.45) is -0.428. The van der Waals surface area contributed by atoms with Crippen LogP contribution in [0.5, 0.6) is 11.5 Å². The monoisotopic (exact) mass is 212 g/mol. The Kier molecular flexibility index (Phi) is 4.39. The zero-order chi connectivity index (χ0) is 11.3. The molecule has 0 amide bonds. The number of aliphatic hydroxyl groups is 2. The molecule has 0 aromatic heterocycles. The maximum Gasteiger partial charge on any atom is 0.163 e. The lowest BCUT2D eigenvalue weighted by Gasteiger charge is -2.14. The molecule has 1 atom stereocenters. The molecule has 4 heteroatoms. The minimum atomic E-state index is -0.772. The number of para-hydroxylation sites is 1. The summed E-state index contributed by atoms with van der Waals surface area (Å²) in [6, 6.07) is 5.44. The molecule has 0 saturated carbocycles. The maximum absolute atomic E-state index is 9.35. The second-order valence-electron chi connectivity index (χ2n) is 3.19. The predicted octanol–water partition coefficient (Wildman–Crippen LogP) is 0.599. The second-order valence-corrected chi connectivity index (χ2v) is 3.19. The zero-order valence-corrected chi connectivity index (χ0v) is 8.93. The summed E-state index contributed by atoms with van der Waals surface area (Å²) in [5, 5.41) is 18.1. The van der Waals surface area contributed by atoms with Crippen molar-refractivity contribution in [3.8, 4) is 11.5 Å². The SMILES string of the molecule is COc1cccc(CC(O)CO)c1OC. The summed E-state index contributed by atoms with van der Waals surface area (Å²) >= 11 is 0. The van der Waals surface area contributed by atoms with Crippen LogP contribution in [-0.4, -0.2) is 37.1 Å². The lowest BCUT2D eigenvalue weighted by atomic mass is 10.1. The van der Waals surface area contributed by atoms with E-state index in [4.69, 9.17) is 14.6 Å². The lowest BCUT2D eigenvalue weighted by Crippen LogP contribution is -2.15. The van der Waals surface area contributed by atoms with Gasteiger partial charge in [-0.25, -0.2) is 0 Å². The maximum atomic E-state index is 9.35. The Morgan fingerprint density at radius 3 is 2.53 bits per heavy atom. The van der Waals surface area contributed by atoms with Crippen LogP contribution in [0.15, 0.2) is 18.2 Å².